The molecule has 1 aliphatic rings. The lowest BCUT2D eigenvalue weighted by atomic mass is 10.1. The molecule has 3 N–H and O–H groups in total. The van der Waals surface area contributed by atoms with E-state index >= 15 is 0 Å². The van der Waals surface area contributed by atoms with Gasteiger partial charge < -0.3 is 15.8 Å². The minimum Gasteiger partial charge on any atom is -0.389 e. The molecule has 3 nitrogen and oxygen atoms in total. The number of nitrogens with one attached hydrogen (secondary N) is 1. The van der Waals surface area contributed by atoms with Crippen molar-refractivity contribution in [2.24, 2.45) is 5.73 Å². The monoisotopic (exact) mass is 314 g/mol. The van der Waals surface area contributed by atoms with Crippen molar-refractivity contribution < 1.29 is 4.74 Å². The van der Waals surface area contributed by atoms with Crippen molar-refractivity contribution in [1.82, 2.24) is 0 Å². The first-order chi connectivity index (χ1) is 8.16. The number of halogens is 1. The maximum atomic E-state index is 5.59. The van der Waals surface area contributed by atoms with Gasteiger partial charge in [0.05, 0.1) is 0 Å². The van der Waals surface area contributed by atoms with E-state index in [1.54, 1.807) is 0 Å². The average Bonchev–Trinajstić information content (AvgIpc) is 2.33. The average molecular weight is 315 g/mol. The zero-order valence-corrected chi connectivity index (χ0v) is 11.8. The molecule has 0 amide bonds. The van der Waals surface area contributed by atoms with Crippen molar-refractivity contribution in [2.75, 3.05) is 18.5 Å². The van der Waals surface area contributed by atoms with E-state index in [-0.39, 0.29) is 0 Å². The molecule has 1 aromatic carbocycles. The van der Waals surface area contributed by atoms with Gasteiger partial charge in [0.2, 0.25) is 0 Å². The largest absolute Gasteiger partial charge is 0.389 e. The zero-order valence-electron chi connectivity index (χ0n) is 9.41. The molecule has 17 heavy (non-hydrogen) atoms. The zero-order chi connectivity index (χ0) is 12.3. The lowest BCUT2D eigenvalue weighted by molar-refractivity contribution is 0.0904. The lowest BCUT2D eigenvalue weighted by Crippen LogP contribution is -2.28. The predicted molar refractivity (Wildman–Crippen MR) is 77.5 cm³/mol. The fourth-order valence-electron chi connectivity index (χ4n) is 1.85. The highest BCUT2D eigenvalue weighted by Crippen LogP contribution is 2.26. The van der Waals surface area contributed by atoms with Crippen LogP contribution in [0.5, 0.6) is 0 Å². The van der Waals surface area contributed by atoms with E-state index in [0.29, 0.717) is 11.0 Å². The molecule has 0 spiro atoms. The summed E-state index contributed by atoms with van der Waals surface area (Å²) in [5, 5.41) is 3.50. The van der Waals surface area contributed by atoms with E-state index in [0.717, 1.165) is 41.8 Å². The number of nitrogens with two attached hydrogens (primary N) is 1. The van der Waals surface area contributed by atoms with Crippen molar-refractivity contribution in [3.05, 3.63) is 28.2 Å². The number of hydrogen-bond donors (Lipinski definition) is 2. The normalized spacial score (nSPS) is 16.8. The minimum atomic E-state index is 0.420. The van der Waals surface area contributed by atoms with Gasteiger partial charge in [0.1, 0.15) is 4.99 Å². The number of benzene rings is 1. The molecule has 0 unspecified atom stereocenters. The van der Waals surface area contributed by atoms with Gasteiger partial charge in [-0.2, -0.15) is 0 Å². The summed E-state index contributed by atoms with van der Waals surface area (Å²) in [5.74, 6) is 0. The van der Waals surface area contributed by atoms with Crippen molar-refractivity contribution in [3.63, 3.8) is 0 Å². The number of ether oxygens (including phenoxy) is 1. The van der Waals surface area contributed by atoms with Gasteiger partial charge in [-0.15, -0.1) is 0 Å². The van der Waals surface area contributed by atoms with Crippen LogP contribution in [0.2, 0.25) is 0 Å². The second-order valence-electron chi connectivity index (χ2n) is 4.09. The van der Waals surface area contributed by atoms with E-state index in [9.17, 15) is 0 Å². The van der Waals surface area contributed by atoms with Crippen LogP contribution in [0.1, 0.15) is 18.4 Å². The van der Waals surface area contributed by atoms with Crippen LogP contribution in [0, 0.1) is 0 Å². The molecule has 2 rings (SSSR count). The number of hydrogen-bond acceptors (Lipinski definition) is 3. The Hall–Kier alpha value is -0.650. The van der Waals surface area contributed by atoms with Gasteiger partial charge in [-0.05, 0) is 47.0 Å². The summed E-state index contributed by atoms with van der Waals surface area (Å²) >= 11 is 8.48. The molecule has 5 heteroatoms. The summed E-state index contributed by atoms with van der Waals surface area (Å²) in [4.78, 5) is 0.420. The van der Waals surface area contributed by atoms with Gasteiger partial charge in [-0.1, -0.05) is 12.2 Å². The first-order valence-corrected chi connectivity index (χ1v) is 6.80. The molecule has 0 atom stereocenters. The molecule has 1 heterocycles. The maximum Gasteiger partial charge on any atom is 0.104 e. The lowest BCUT2D eigenvalue weighted by Gasteiger charge is -2.24. The summed E-state index contributed by atoms with van der Waals surface area (Å²) in [7, 11) is 0. The summed E-state index contributed by atoms with van der Waals surface area (Å²) in [5.41, 5.74) is 7.55. The van der Waals surface area contributed by atoms with E-state index in [1.165, 1.54) is 0 Å². The Labute approximate surface area is 115 Å². The third kappa shape index (κ3) is 3.40. The van der Waals surface area contributed by atoms with Crippen LogP contribution in [-0.4, -0.2) is 24.2 Å². The van der Waals surface area contributed by atoms with Crippen molar-refractivity contribution in [3.8, 4) is 0 Å². The van der Waals surface area contributed by atoms with E-state index in [4.69, 9.17) is 22.7 Å². The van der Waals surface area contributed by atoms with E-state index < -0.39 is 0 Å². The molecule has 1 fully saturated rings. The number of rotatable bonds is 3. The third-order valence-corrected chi connectivity index (χ3v) is 3.73. The van der Waals surface area contributed by atoms with Gasteiger partial charge in [0, 0.05) is 35.0 Å². The highest BCUT2D eigenvalue weighted by atomic mass is 79.9. The molecule has 1 saturated heterocycles. The summed E-state index contributed by atoms with van der Waals surface area (Å²) < 4.78 is 6.33. The molecule has 1 aromatic rings. The molecule has 0 aliphatic carbocycles. The van der Waals surface area contributed by atoms with Crippen LogP contribution in [-0.2, 0) is 4.74 Å². The molecule has 92 valence electrons. The van der Waals surface area contributed by atoms with Crippen LogP contribution in [0.3, 0.4) is 0 Å². The van der Waals surface area contributed by atoms with Gasteiger partial charge in [0.15, 0.2) is 0 Å². The number of anilines is 1. The molecule has 0 radical (unpaired) electrons. The predicted octanol–water partition coefficient (Wildman–Crippen LogP) is 2.67. The van der Waals surface area contributed by atoms with Crippen LogP contribution in [0.15, 0.2) is 22.7 Å². The first-order valence-electron chi connectivity index (χ1n) is 5.60. The number of thiocarbonyl (C=S) groups is 1. The summed E-state index contributed by atoms with van der Waals surface area (Å²) in [6.45, 7) is 1.67. The second kappa shape index (κ2) is 5.80. The minimum absolute atomic E-state index is 0.420. The smallest absolute Gasteiger partial charge is 0.104 e. The first kappa shape index (κ1) is 12.8. The van der Waals surface area contributed by atoms with Gasteiger partial charge >= 0.3 is 0 Å². The van der Waals surface area contributed by atoms with Gasteiger partial charge in [-0.25, -0.2) is 0 Å². The highest BCUT2D eigenvalue weighted by molar-refractivity contribution is 9.10. The van der Waals surface area contributed by atoms with Crippen LogP contribution in [0.4, 0.5) is 5.69 Å². The Balaban J connectivity index is 2.08. The Morgan fingerprint density at radius 2 is 2.12 bits per heavy atom. The standard InChI is InChI=1S/C12H15BrN2OS/c13-10-7-8(12(14)17)1-2-11(10)15-9-3-5-16-6-4-9/h1-2,7,9,15H,3-6H2,(H2,14,17). The van der Waals surface area contributed by atoms with Crippen molar-refractivity contribution in [1.29, 1.82) is 0 Å². The molecule has 0 aromatic heterocycles. The quantitative estimate of drug-likeness (QED) is 0.842. The van der Waals surface area contributed by atoms with Crippen molar-refractivity contribution in [2.45, 2.75) is 18.9 Å². The fraction of sp³-hybridized carbons (Fsp3) is 0.417. The highest BCUT2D eigenvalue weighted by Gasteiger charge is 2.14. The molecule has 0 bridgehead atoms. The summed E-state index contributed by atoms with van der Waals surface area (Å²) in [6.07, 6.45) is 2.09. The Morgan fingerprint density at radius 3 is 2.71 bits per heavy atom. The third-order valence-electron chi connectivity index (χ3n) is 2.83. The fourth-order valence-corrected chi connectivity index (χ4v) is 2.47. The summed E-state index contributed by atoms with van der Waals surface area (Å²) in [6, 6.07) is 6.38. The van der Waals surface area contributed by atoms with E-state index in [2.05, 4.69) is 21.2 Å². The van der Waals surface area contributed by atoms with E-state index in [1.807, 2.05) is 18.2 Å². The second-order valence-corrected chi connectivity index (χ2v) is 5.38. The maximum absolute atomic E-state index is 5.59. The Kier molecular flexibility index (Phi) is 4.36. The van der Waals surface area contributed by atoms with Crippen molar-refractivity contribution >= 4 is 38.8 Å². The van der Waals surface area contributed by atoms with Crippen LogP contribution >= 0.6 is 28.1 Å². The van der Waals surface area contributed by atoms with Crippen LogP contribution < -0.4 is 11.1 Å². The Bertz CT molecular complexity index is 419. The topological polar surface area (TPSA) is 47.3 Å². The van der Waals surface area contributed by atoms with Crippen LogP contribution in [0.25, 0.3) is 0 Å². The Morgan fingerprint density at radius 1 is 1.41 bits per heavy atom. The van der Waals surface area contributed by atoms with Gasteiger partial charge in [0.25, 0.3) is 0 Å². The SMILES string of the molecule is NC(=S)c1ccc(NC2CCOCC2)c(Br)c1. The van der Waals surface area contributed by atoms with Gasteiger partial charge in [-0.3, -0.25) is 0 Å². The molecular formula is C12H15BrN2OS. The molecular weight excluding hydrogens is 300 g/mol. The molecule has 1 aliphatic heterocycles. The molecule has 0 saturated carbocycles.